The molecule has 3 heterocycles. The number of rotatable bonds is 6. The van der Waals surface area contributed by atoms with Gasteiger partial charge in [-0.2, -0.15) is 5.10 Å². The zero-order chi connectivity index (χ0) is 17.8. The van der Waals surface area contributed by atoms with Gasteiger partial charge in [0, 0.05) is 45.8 Å². The van der Waals surface area contributed by atoms with Gasteiger partial charge in [-0.15, -0.1) is 0 Å². The predicted molar refractivity (Wildman–Crippen MR) is 103 cm³/mol. The van der Waals surface area contributed by atoms with E-state index >= 15 is 0 Å². The minimum Gasteiger partial charge on any atom is -0.353 e. The lowest BCUT2D eigenvalue weighted by atomic mass is 10.2. The van der Waals surface area contributed by atoms with Crippen LogP contribution in [-0.2, 0) is 6.54 Å². The summed E-state index contributed by atoms with van der Waals surface area (Å²) in [5.41, 5.74) is 2.17. The lowest BCUT2D eigenvalue weighted by molar-refractivity contribution is 0.212. The van der Waals surface area contributed by atoms with Crippen LogP contribution in [0.25, 0.3) is 11.0 Å². The van der Waals surface area contributed by atoms with E-state index in [1.807, 2.05) is 6.20 Å². The molecule has 2 aromatic heterocycles. The fraction of sp³-hybridized carbons (Fsp3) is 0.421. The number of aromatic amines is 1. The van der Waals surface area contributed by atoms with Crippen LogP contribution in [0, 0.1) is 0 Å². The molecule has 7 nitrogen and oxygen atoms in total. The molecule has 26 heavy (non-hydrogen) atoms. The quantitative estimate of drug-likeness (QED) is 0.728. The second-order valence-electron chi connectivity index (χ2n) is 6.88. The van der Waals surface area contributed by atoms with Crippen LogP contribution in [0.2, 0.25) is 0 Å². The Morgan fingerprint density at radius 3 is 2.69 bits per heavy atom. The van der Waals surface area contributed by atoms with Gasteiger partial charge in [-0.1, -0.05) is 30.3 Å². The van der Waals surface area contributed by atoms with Crippen molar-refractivity contribution in [2.45, 2.75) is 6.54 Å². The first-order valence-corrected chi connectivity index (χ1v) is 9.13. The number of hydrogen-bond donors (Lipinski definition) is 1. The monoisotopic (exact) mass is 351 g/mol. The van der Waals surface area contributed by atoms with Gasteiger partial charge in [-0.3, -0.25) is 10.00 Å². The number of fused-ring (bicyclic) bond motifs is 1. The summed E-state index contributed by atoms with van der Waals surface area (Å²) in [6, 6.07) is 10.7. The molecule has 3 aromatic rings. The smallest absolute Gasteiger partial charge is 0.160 e. The van der Waals surface area contributed by atoms with Crippen LogP contribution >= 0.6 is 0 Å². The zero-order valence-corrected chi connectivity index (χ0v) is 15.2. The number of piperazine rings is 1. The van der Waals surface area contributed by atoms with Crippen molar-refractivity contribution in [1.82, 2.24) is 30.0 Å². The summed E-state index contributed by atoms with van der Waals surface area (Å²) in [6.07, 6.45) is 3.43. The van der Waals surface area contributed by atoms with E-state index in [4.69, 9.17) is 0 Å². The van der Waals surface area contributed by atoms with Crippen molar-refractivity contribution in [2.24, 2.45) is 0 Å². The summed E-state index contributed by atoms with van der Waals surface area (Å²) >= 11 is 0. The topological polar surface area (TPSA) is 64.2 Å². The first-order valence-electron chi connectivity index (χ1n) is 9.13. The summed E-state index contributed by atoms with van der Waals surface area (Å²) in [7, 11) is 2.19. The highest BCUT2D eigenvalue weighted by molar-refractivity contribution is 5.86. The van der Waals surface area contributed by atoms with E-state index in [0.29, 0.717) is 0 Å². The molecule has 0 atom stereocenters. The van der Waals surface area contributed by atoms with Gasteiger partial charge in [-0.05, 0) is 12.6 Å². The summed E-state index contributed by atoms with van der Waals surface area (Å²) in [4.78, 5) is 16.0. The molecule has 0 aliphatic carbocycles. The Bertz CT molecular complexity index is 824. The van der Waals surface area contributed by atoms with E-state index < -0.39 is 0 Å². The molecule has 0 saturated carbocycles. The number of nitrogens with one attached hydrogen (secondary N) is 1. The van der Waals surface area contributed by atoms with Gasteiger partial charge < -0.3 is 9.80 Å². The van der Waals surface area contributed by atoms with Crippen molar-refractivity contribution < 1.29 is 0 Å². The SMILES string of the molecule is CN(CCN1CCN(c2ncnc3[nH]ncc23)CC1)Cc1ccccc1. The third kappa shape index (κ3) is 3.84. The molecule has 0 radical (unpaired) electrons. The van der Waals surface area contributed by atoms with Crippen LogP contribution in [-0.4, -0.2) is 76.3 Å². The van der Waals surface area contributed by atoms with Crippen LogP contribution in [0.3, 0.4) is 0 Å². The van der Waals surface area contributed by atoms with E-state index in [1.54, 1.807) is 6.33 Å². The Hall–Kier alpha value is -2.51. The average Bonchev–Trinajstić information content (AvgIpc) is 3.16. The molecule has 4 rings (SSSR count). The Labute approximate surface area is 153 Å². The summed E-state index contributed by atoms with van der Waals surface area (Å²) in [6.45, 7) is 7.26. The molecule has 1 saturated heterocycles. The average molecular weight is 351 g/mol. The van der Waals surface area contributed by atoms with Crippen LogP contribution in [0.15, 0.2) is 42.9 Å². The molecule has 7 heteroatoms. The van der Waals surface area contributed by atoms with Gasteiger partial charge in [0.1, 0.15) is 12.1 Å². The van der Waals surface area contributed by atoms with Gasteiger partial charge in [0.05, 0.1) is 11.6 Å². The number of H-pyrrole nitrogens is 1. The van der Waals surface area contributed by atoms with Crippen LogP contribution in [0.1, 0.15) is 5.56 Å². The Kier molecular flexibility index (Phi) is 5.08. The van der Waals surface area contributed by atoms with Gasteiger partial charge >= 0.3 is 0 Å². The van der Waals surface area contributed by atoms with Crippen LogP contribution in [0.5, 0.6) is 0 Å². The maximum atomic E-state index is 4.48. The number of anilines is 1. The minimum absolute atomic E-state index is 0.806. The maximum absolute atomic E-state index is 4.48. The van der Waals surface area contributed by atoms with Gasteiger partial charge in [0.2, 0.25) is 0 Å². The summed E-state index contributed by atoms with van der Waals surface area (Å²) in [5.74, 6) is 0.990. The van der Waals surface area contributed by atoms with Crippen molar-refractivity contribution in [2.75, 3.05) is 51.2 Å². The molecule has 136 valence electrons. The van der Waals surface area contributed by atoms with Gasteiger partial charge in [-0.25, -0.2) is 9.97 Å². The zero-order valence-electron chi connectivity index (χ0n) is 15.2. The standard InChI is InChI=1S/C19H25N7/c1-24(14-16-5-3-2-4-6-16)7-8-25-9-11-26(12-10-25)19-17-13-22-23-18(17)20-15-21-19/h2-6,13,15H,7-12,14H2,1H3,(H,20,21,22,23). The first-order chi connectivity index (χ1) is 12.8. The van der Waals surface area contributed by atoms with Crippen molar-refractivity contribution in [1.29, 1.82) is 0 Å². The number of hydrogen-bond acceptors (Lipinski definition) is 6. The third-order valence-corrected chi connectivity index (χ3v) is 4.99. The highest BCUT2D eigenvalue weighted by Crippen LogP contribution is 2.21. The molecular formula is C19H25N7. The highest BCUT2D eigenvalue weighted by atomic mass is 15.3. The first kappa shape index (κ1) is 16.9. The molecular weight excluding hydrogens is 326 g/mol. The molecule has 1 fully saturated rings. The van der Waals surface area contributed by atoms with Crippen LogP contribution in [0.4, 0.5) is 5.82 Å². The van der Waals surface area contributed by atoms with E-state index in [9.17, 15) is 0 Å². The molecule has 1 N–H and O–H groups in total. The Balaban J connectivity index is 1.27. The van der Waals surface area contributed by atoms with Crippen molar-refractivity contribution in [3.63, 3.8) is 0 Å². The summed E-state index contributed by atoms with van der Waals surface area (Å²) in [5, 5.41) is 8.00. The fourth-order valence-electron chi connectivity index (χ4n) is 3.47. The van der Waals surface area contributed by atoms with Gasteiger partial charge in [0.25, 0.3) is 0 Å². The predicted octanol–water partition coefficient (Wildman–Crippen LogP) is 1.61. The van der Waals surface area contributed by atoms with E-state index in [1.165, 1.54) is 5.56 Å². The second kappa shape index (κ2) is 7.80. The molecule has 0 unspecified atom stereocenters. The molecule has 1 aliphatic rings. The number of nitrogens with zero attached hydrogens (tertiary/aromatic N) is 6. The summed E-state index contributed by atoms with van der Waals surface area (Å²) < 4.78 is 0. The molecule has 1 aliphatic heterocycles. The van der Waals surface area contributed by atoms with E-state index in [-0.39, 0.29) is 0 Å². The lowest BCUT2D eigenvalue weighted by Crippen LogP contribution is -2.48. The molecule has 1 aromatic carbocycles. The minimum atomic E-state index is 0.806. The van der Waals surface area contributed by atoms with Crippen molar-refractivity contribution in [3.8, 4) is 0 Å². The number of likely N-dealkylation sites (N-methyl/N-ethyl adjacent to an activating group) is 1. The lowest BCUT2D eigenvalue weighted by Gasteiger charge is -2.36. The van der Waals surface area contributed by atoms with Crippen molar-refractivity contribution >= 4 is 16.9 Å². The molecule has 0 amide bonds. The largest absolute Gasteiger partial charge is 0.353 e. The van der Waals surface area contributed by atoms with Crippen LogP contribution < -0.4 is 4.90 Å². The molecule has 0 spiro atoms. The maximum Gasteiger partial charge on any atom is 0.160 e. The Morgan fingerprint density at radius 2 is 1.88 bits per heavy atom. The third-order valence-electron chi connectivity index (χ3n) is 4.99. The van der Waals surface area contributed by atoms with Gasteiger partial charge in [0.15, 0.2) is 5.65 Å². The van der Waals surface area contributed by atoms with Crippen molar-refractivity contribution in [3.05, 3.63) is 48.4 Å². The number of benzene rings is 1. The van der Waals surface area contributed by atoms with E-state index in [2.05, 4.69) is 72.2 Å². The van der Waals surface area contributed by atoms with E-state index in [0.717, 1.165) is 62.7 Å². The fourth-order valence-corrected chi connectivity index (χ4v) is 3.47. The Morgan fingerprint density at radius 1 is 1.08 bits per heavy atom. The second-order valence-corrected chi connectivity index (χ2v) is 6.88. The normalized spacial score (nSPS) is 15.8. The molecule has 0 bridgehead atoms. The highest BCUT2D eigenvalue weighted by Gasteiger charge is 2.20. The number of aromatic nitrogens is 4.